The minimum Gasteiger partial charge on any atom is -0.447 e. The molecule has 0 saturated carbocycles. The van der Waals surface area contributed by atoms with Gasteiger partial charge in [-0.25, -0.2) is 4.79 Å². The van der Waals surface area contributed by atoms with E-state index in [-0.39, 0.29) is 11.4 Å². The number of cyclic esters (lactones) is 1. The molecule has 1 aromatic rings. The Kier molecular flexibility index (Phi) is 3.78. The first-order valence-corrected chi connectivity index (χ1v) is 7.44. The van der Waals surface area contributed by atoms with Crippen molar-refractivity contribution in [2.24, 2.45) is 0 Å². The molecule has 2 heterocycles. The summed E-state index contributed by atoms with van der Waals surface area (Å²) in [4.78, 5) is 26.2. The Morgan fingerprint density at radius 3 is 2.43 bits per heavy atom. The van der Waals surface area contributed by atoms with Crippen LogP contribution in [0.25, 0.3) is 0 Å². The molecule has 2 aliphatic rings. The first-order chi connectivity index (χ1) is 10.2. The highest BCUT2D eigenvalue weighted by molar-refractivity contribution is 6.18. The molecule has 1 fully saturated rings. The monoisotopic (exact) mass is 285 g/mol. The van der Waals surface area contributed by atoms with Gasteiger partial charge < -0.3 is 9.64 Å². The molecule has 0 spiro atoms. The average Bonchev–Trinajstić information content (AvgIpc) is 2.86. The van der Waals surface area contributed by atoms with Gasteiger partial charge in [0.15, 0.2) is 11.9 Å². The quantitative estimate of drug-likeness (QED) is 0.632. The molecule has 3 rings (SSSR count). The van der Waals surface area contributed by atoms with Crippen LogP contribution >= 0.6 is 0 Å². The van der Waals surface area contributed by atoms with Gasteiger partial charge in [0.25, 0.3) is 0 Å². The SMILES string of the molecule is CC(=O)C1=C(N2CCCCC2)C(c2ccccc2)OC1=O. The van der Waals surface area contributed by atoms with Gasteiger partial charge in [-0.1, -0.05) is 30.3 Å². The molecule has 110 valence electrons. The molecular weight excluding hydrogens is 266 g/mol. The van der Waals surface area contributed by atoms with E-state index in [1.54, 1.807) is 0 Å². The summed E-state index contributed by atoms with van der Waals surface area (Å²) >= 11 is 0. The van der Waals surface area contributed by atoms with Gasteiger partial charge in [0.2, 0.25) is 0 Å². The third-order valence-electron chi connectivity index (χ3n) is 4.08. The van der Waals surface area contributed by atoms with E-state index in [1.807, 2.05) is 30.3 Å². The lowest BCUT2D eigenvalue weighted by molar-refractivity contribution is -0.141. The van der Waals surface area contributed by atoms with Crippen LogP contribution < -0.4 is 0 Å². The summed E-state index contributed by atoms with van der Waals surface area (Å²) in [5.74, 6) is -0.698. The van der Waals surface area contributed by atoms with Crippen molar-refractivity contribution < 1.29 is 14.3 Å². The van der Waals surface area contributed by atoms with Crippen molar-refractivity contribution in [2.75, 3.05) is 13.1 Å². The van der Waals surface area contributed by atoms with Gasteiger partial charge in [-0.2, -0.15) is 0 Å². The van der Waals surface area contributed by atoms with Gasteiger partial charge in [0.05, 0.1) is 5.70 Å². The highest BCUT2D eigenvalue weighted by Crippen LogP contribution is 2.38. The topological polar surface area (TPSA) is 46.6 Å². The van der Waals surface area contributed by atoms with E-state index >= 15 is 0 Å². The normalized spacial score (nSPS) is 22.4. The maximum atomic E-state index is 12.1. The smallest absolute Gasteiger partial charge is 0.344 e. The maximum Gasteiger partial charge on any atom is 0.344 e. The fraction of sp³-hybridized carbons (Fsp3) is 0.412. The largest absolute Gasteiger partial charge is 0.447 e. The van der Waals surface area contributed by atoms with E-state index in [0.29, 0.717) is 0 Å². The van der Waals surface area contributed by atoms with Crippen molar-refractivity contribution in [3.05, 3.63) is 47.2 Å². The van der Waals surface area contributed by atoms with Crippen LogP contribution in [0.3, 0.4) is 0 Å². The molecule has 4 nitrogen and oxygen atoms in total. The predicted molar refractivity (Wildman–Crippen MR) is 78.4 cm³/mol. The number of nitrogens with zero attached hydrogens (tertiary/aromatic N) is 1. The zero-order valence-electron chi connectivity index (χ0n) is 12.2. The van der Waals surface area contributed by atoms with Gasteiger partial charge in [-0.05, 0) is 31.7 Å². The molecule has 1 atom stereocenters. The number of ether oxygens (including phenoxy) is 1. The Labute approximate surface area is 124 Å². The Bertz CT molecular complexity index is 585. The van der Waals surface area contributed by atoms with Crippen molar-refractivity contribution in [3.63, 3.8) is 0 Å². The van der Waals surface area contributed by atoms with Crippen LogP contribution in [0.15, 0.2) is 41.6 Å². The van der Waals surface area contributed by atoms with Gasteiger partial charge >= 0.3 is 5.97 Å². The van der Waals surface area contributed by atoms with Crippen molar-refractivity contribution in [3.8, 4) is 0 Å². The second-order valence-electron chi connectivity index (χ2n) is 5.56. The molecule has 21 heavy (non-hydrogen) atoms. The third kappa shape index (κ3) is 2.58. The van der Waals surface area contributed by atoms with Crippen LogP contribution in [-0.2, 0) is 14.3 Å². The molecule has 4 heteroatoms. The van der Waals surface area contributed by atoms with Gasteiger partial charge in [0, 0.05) is 13.1 Å². The van der Waals surface area contributed by atoms with Crippen LogP contribution in [0, 0.1) is 0 Å². The third-order valence-corrected chi connectivity index (χ3v) is 4.08. The molecule has 0 N–H and O–H groups in total. The summed E-state index contributed by atoms with van der Waals surface area (Å²) < 4.78 is 5.51. The van der Waals surface area contributed by atoms with Crippen LogP contribution in [0.4, 0.5) is 0 Å². The molecular formula is C17H19NO3. The zero-order valence-corrected chi connectivity index (χ0v) is 12.2. The number of rotatable bonds is 3. The Balaban J connectivity index is 2.04. The number of carbonyl (C=O) groups is 2. The Morgan fingerprint density at radius 1 is 1.14 bits per heavy atom. The van der Waals surface area contributed by atoms with Crippen LogP contribution in [0.2, 0.25) is 0 Å². The van der Waals surface area contributed by atoms with Crippen molar-refractivity contribution in [1.82, 2.24) is 4.90 Å². The first kappa shape index (κ1) is 13.9. The summed E-state index contributed by atoms with van der Waals surface area (Å²) in [6.45, 7) is 3.20. The lowest BCUT2D eigenvalue weighted by Gasteiger charge is -2.32. The summed E-state index contributed by atoms with van der Waals surface area (Å²) in [6.07, 6.45) is 2.93. The highest BCUT2D eigenvalue weighted by Gasteiger charge is 2.40. The van der Waals surface area contributed by atoms with E-state index in [9.17, 15) is 9.59 Å². The number of benzene rings is 1. The molecule has 0 aromatic heterocycles. The van der Waals surface area contributed by atoms with E-state index in [1.165, 1.54) is 13.3 Å². The standard InChI is InChI=1S/C17H19NO3/c1-12(19)14-15(18-10-6-3-7-11-18)16(21-17(14)20)13-8-4-2-5-9-13/h2,4-5,8-9,16H,3,6-7,10-11H2,1H3. The van der Waals surface area contributed by atoms with Crippen molar-refractivity contribution in [1.29, 1.82) is 0 Å². The van der Waals surface area contributed by atoms with Crippen molar-refractivity contribution >= 4 is 11.8 Å². The molecule has 0 radical (unpaired) electrons. The second kappa shape index (κ2) is 5.72. The number of hydrogen-bond donors (Lipinski definition) is 0. The number of carbonyl (C=O) groups excluding carboxylic acids is 2. The van der Waals surface area contributed by atoms with Gasteiger partial charge in [-0.15, -0.1) is 0 Å². The van der Waals surface area contributed by atoms with E-state index in [0.717, 1.165) is 37.2 Å². The Hall–Kier alpha value is -2.10. The predicted octanol–water partition coefficient (Wildman–Crippen LogP) is 2.61. The fourth-order valence-corrected chi connectivity index (χ4v) is 3.09. The number of piperidine rings is 1. The molecule has 0 bridgehead atoms. The molecule has 2 aliphatic heterocycles. The molecule has 1 saturated heterocycles. The van der Waals surface area contributed by atoms with Gasteiger partial charge in [-0.3, -0.25) is 4.79 Å². The molecule has 0 aliphatic carbocycles. The number of esters is 1. The number of likely N-dealkylation sites (tertiary alicyclic amines) is 1. The maximum absolute atomic E-state index is 12.1. The first-order valence-electron chi connectivity index (χ1n) is 7.44. The van der Waals surface area contributed by atoms with E-state index in [2.05, 4.69) is 4.90 Å². The number of ketones is 1. The summed E-state index contributed by atoms with van der Waals surface area (Å²) in [5, 5.41) is 0. The molecule has 0 amide bonds. The molecule has 1 aromatic carbocycles. The second-order valence-corrected chi connectivity index (χ2v) is 5.56. The lowest BCUT2D eigenvalue weighted by atomic mass is 10.00. The minimum absolute atomic E-state index is 0.209. The van der Waals surface area contributed by atoms with Crippen LogP contribution in [0.5, 0.6) is 0 Å². The fourth-order valence-electron chi connectivity index (χ4n) is 3.09. The van der Waals surface area contributed by atoms with Gasteiger partial charge in [0.1, 0.15) is 5.57 Å². The number of hydrogen-bond acceptors (Lipinski definition) is 4. The summed E-state index contributed by atoms with van der Waals surface area (Å²) in [6, 6.07) is 9.64. The summed E-state index contributed by atoms with van der Waals surface area (Å²) in [5.41, 5.74) is 1.91. The van der Waals surface area contributed by atoms with Crippen LogP contribution in [-0.4, -0.2) is 29.7 Å². The average molecular weight is 285 g/mol. The minimum atomic E-state index is -0.489. The van der Waals surface area contributed by atoms with Crippen molar-refractivity contribution in [2.45, 2.75) is 32.3 Å². The van der Waals surface area contributed by atoms with E-state index in [4.69, 9.17) is 4.74 Å². The summed E-state index contributed by atoms with van der Waals surface area (Å²) in [7, 11) is 0. The van der Waals surface area contributed by atoms with E-state index < -0.39 is 12.1 Å². The lowest BCUT2D eigenvalue weighted by Crippen LogP contribution is -2.32. The Morgan fingerprint density at radius 2 is 1.81 bits per heavy atom. The highest BCUT2D eigenvalue weighted by atomic mass is 16.5. The molecule has 1 unspecified atom stereocenters. The van der Waals surface area contributed by atoms with Crippen LogP contribution in [0.1, 0.15) is 37.9 Å². The zero-order chi connectivity index (χ0) is 14.8. The number of Topliss-reactive ketones (excluding diaryl/α,β-unsaturated/α-hetero) is 1.